The number of hydrogen-bond acceptors (Lipinski definition) is 4. The van der Waals surface area contributed by atoms with Crippen molar-refractivity contribution in [3.63, 3.8) is 0 Å². The van der Waals surface area contributed by atoms with E-state index in [1.807, 2.05) is 43.3 Å². The monoisotopic (exact) mass is 665 g/mol. The number of aryl methyl sites for hydroxylation is 1. The van der Waals surface area contributed by atoms with Gasteiger partial charge in [0.15, 0.2) is 0 Å². The van der Waals surface area contributed by atoms with Crippen LogP contribution in [-0.2, 0) is 32.6 Å². The fourth-order valence-electron chi connectivity index (χ4n) is 4.96. The Morgan fingerprint density at radius 2 is 1.49 bits per heavy atom. The highest BCUT2D eigenvalue weighted by atomic mass is 35.5. The molecule has 0 unspecified atom stereocenters. The minimum Gasteiger partial charge on any atom is -0.354 e. The highest BCUT2D eigenvalue weighted by Gasteiger charge is 2.35. The topological polar surface area (TPSA) is 86.8 Å². The maximum Gasteiger partial charge on any atom is 0.264 e. The second-order valence-electron chi connectivity index (χ2n) is 10.7. The first-order valence-corrected chi connectivity index (χ1v) is 17.0. The fraction of sp³-hybridized carbons (Fsp3) is 0.257. The molecule has 10 heteroatoms. The summed E-state index contributed by atoms with van der Waals surface area (Å²) >= 11 is 12.6. The maximum atomic E-state index is 14.5. The number of nitrogens with one attached hydrogen (secondary N) is 1. The SMILES string of the molecule is CCCCNC(=O)[C@@H](Cc1ccccc1)N(Cc1ccccc1Cl)C(=O)CN(c1ccccc1C)S(=O)(=O)c1ccc(Cl)cc1. The lowest BCUT2D eigenvalue weighted by atomic mass is 10.0. The summed E-state index contributed by atoms with van der Waals surface area (Å²) in [6.45, 7) is 3.72. The molecule has 0 aliphatic carbocycles. The van der Waals surface area contributed by atoms with E-state index in [-0.39, 0.29) is 23.8 Å². The lowest BCUT2D eigenvalue weighted by Gasteiger charge is -2.34. The van der Waals surface area contributed by atoms with Crippen molar-refractivity contribution in [2.45, 2.75) is 50.6 Å². The van der Waals surface area contributed by atoms with Crippen molar-refractivity contribution in [1.82, 2.24) is 10.2 Å². The molecule has 4 rings (SSSR count). The van der Waals surface area contributed by atoms with Crippen LogP contribution in [0, 0.1) is 6.92 Å². The van der Waals surface area contributed by atoms with Crippen LogP contribution in [0.5, 0.6) is 0 Å². The minimum absolute atomic E-state index is 0.000189. The predicted molar refractivity (Wildman–Crippen MR) is 181 cm³/mol. The average molecular weight is 667 g/mol. The molecule has 0 aliphatic rings. The van der Waals surface area contributed by atoms with Gasteiger partial charge >= 0.3 is 0 Å². The normalized spacial score (nSPS) is 11.9. The van der Waals surface area contributed by atoms with Gasteiger partial charge in [-0.2, -0.15) is 0 Å². The van der Waals surface area contributed by atoms with Gasteiger partial charge in [-0.15, -0.1) is 0 Å². The van der Waals surface area contributed by atoms with Crippen LogP contribution in [-0.4, -0.2) is 44.3 Å². The molecule has 0 radical (unpaired) electrons. The Kier molecular flexibility index (Phi) is 12.0. The lowest BCUT2D eigenvalue weighted by molar-refractivity contribution is -0.140. The van der Waals surface area contributed by atoms with E-state index in [4.69, 9.17) is 23.2 Å². The molecule has 4 aromatic carbocycles. The molecule has 2 amide bonds. The molecule has 0 aromatic heterocycles. The van der Waals surface area contributed by atoms with Crippen LogP contribution in [0.3, 0.4) is 0 Å². The zero-order valence-electron chi connectivity index (χ0n) is 25.3. The summed E-state index contributed by atoms with van der Waals surface area (Å²) in [6.07, 6.45) is 1.89. The van der Waals surface area contributed by atoms with Crippen LogP contribution >= 0.6 is 23.2 Å². The number of benzene rings is 4. The van der Waals surface area contributed by atoms with E-state index in [2.05, 4.69) is 5.32 Å². The zero-order valence-corrected chi connectivity index (χ0v) is 27.7. The number of carbonyl (C=O) groups is 2. The maximum absolute atomic E-state index is 14.5. The quantitative estimate of drug-likeness (QED) is 0.146. The van der Waals surface area contributed by atoms with E-state index in [0.29, 0.717) is 33.4 Å². The van der Waals surface area contributed by atoms with Crippen LogP contribution in [0.2, 0.25) is 10.0 Å². The molecule has 7 nitrogen and oxygen atoms in total. The van der Waals surface area contributed by atoms with Gasteiger partial charge in [0.2, 0.25) is 11.8 Å². The number of sulfonamides is 1. The molecule has 0 spiro atoms. The fourth-order valence-corrected chi connectivity index (χ4v) is 6.76. The number of unbranched alkanes of at least 4 members (excludes halogenated alkanes) is 1. The van der Waals surface area contributed by atoms with Gasteiger partial charge in [0.25, 0.3) is 10.0 Å². The van der Waals surface area contributed by atoms with Gasteiger partial charge in [0, 0.05) is 29.6 Å². The van der Waals surface area contributed by atoms with Gasteiger partial charge < -0.3 is 10.2 Å². The first-order valence-electron chi connectivity index (χ1n) is 14.8. The Labute approximate surface area is 275 Å². The van der Waals surface area contributed by atoms with Crippen LogP contribution in [0.4, 0.5) is 5.69 Å². The Balaban J connectivity index is 1.80. The Morgan fingerprint density at radius 1 is 0.844 bits per heavy atom. The highest BCUT2D eigenvalue weighted by Crippen LogP contribution is 2.29. The van der Waals surface area contributed by atoms with E-state index in [0.717, 1.165) is 22.7 Å². The summed E-state index contributed by atoms with van der Waals surface area (Å²) in [6, 6.07) is 28.4. The van der Waals surface area contributed by atoms with Gasteiger partial charge in [0.1, 0.15) is 12.6 Å². The van der Waals surface area contributed by atoms with E-state index in [9.17, 15) is 18.0 Å². The average Bonchev–Trinajstić information content (AvgIpc) is 3.03. The van der Waals surface area contributed by atoms with Crippen molar-refractivity contribution in [2.24, 2.45) is 0 Å². The Morgan fingerprint density at radius 3 is 2.16 bits per heavy atom. The van der Waals surface area contributed by atoms with Crippen LogP contribution < -0.4 is 9.62 Å². The van der Waals surface area contributed by atoms with Crippen molar-refractivity contribution in [2.75, 3.05) is 17.4 Å². The number of amides is 2. The Bertz CT molecular complexity index is 1700. The highest BCUT2D eigenvalue weighted by molar-refractivity contribution is 7.92. The lowest BCUT2D eigenvalue weighted by Crippen LogP contribution is -2.53. The molecule has 0 aliphatic heterocycles. The van der Waals surface area contributed by atoms with Crippen molar-refractivity contribution in [3.05, 3.63) is 130 Å². The molecule has 236 valence electrons. The van der Waals surface area contributed by atoms with E-state index in [1.165, 1.54) is 29.2 Å². The van der Waals surface area contributed by atoms with E-state index in [1.54, 1.807) is 49.4 Å². The van der Waals surface area contributed by atoms with Gasteiger partial charge in [-0.3, -0.25) is 13.9 Å². The van der Waals surface area contributed by atoms with E-state index >= 15 is 0 Å². The molecule has 0 heterocycles. The largest absolute Gasteiger partial charge is 0.354 e. The van der Waals surface area contributed by atoms with Crippen LogP contribution in [0.15, 0.2) is 108 Å². The van der Waals surface area contributed by atoms with Gasteiger partial charge in [-0.25, -0.2) is 8.42 Å². The van der Waals surface area contributed by atoms with Crippen molar-refractivity contribution in [3.8, 4) is 0 Å². The number of anilines is 1. The Hall–Kier alpha value is -3.85. The summed E-state index contributed by atoms with van der Waals surface area (Å²) in [7, 11) is -4.22. The molecule has 1 atom stereocenters. The second kappa shape index (κ2) is 15.9. The summed E-state index contributed by atoms with van der Waals surface area (Å²) in [4.78, 5) is 29.8. The van der Waals surface area contributed by atoms with Crippen LogP contribution in [0.1, 0.15) is 36.5 Å². The molecule has 1 N–H and O–H groups in total. The minimum atomic E-state index is -4.22. The third kappa shape index (κ3) is 8.87. The third-order valence-corrected chi connectivity index (χ3v) is 9.86. The van der Waals surface area contributed by atoms with Crippen molar-refractivity contribution in [1.29, 1.82) is 0 Å². The first-order chi connectivity index (χ1) is 21.6. The predicted octanol–water partition coefficient (Wildman–Crippen LogP) is 7.05. The number of halogens is 2. The number of nitrogens with zero attached hydrogens (tertiary/aromatic N) is 2. The summed E-state index contributed by atoms with van der Waals surface area (Å²) in [5.74, 6) is -0.877. The zero-order chi connectivity index (χ0) is 32.4. The smallest absolute Gasteiger partial charge is 0.264 e. The standard InChI is InChI=1S/C35H37Cl2N3O4S/c1-3-4-22-38-35(42)33(23-27-13-6-5-7-14-27)39(24-28-15-9-10-16-31(28)37)34(41)25-40(32-17-11-8-12-26(32)2)45(43,44)30-20-18-29(36)19-21-30/h5-21,33H,3-4,22-25H2,1-2H3,(H,38,42)/t33-/m1/s1. The molecule has 0 saturated carbocycles. The molecule has 0 fully saturated rings. The van der Waals surface area contributed by atoms with Crippen molar-refractivity contribution >= 4 is 50.7 Å². The van der Waals surface area contributed by atoms with E-state index < -0.39 is 28.5 Å². The molecular formula is C35H37Cl2N3O4S. The molecule has 0 saturated heterocycles. The molecule has 0 bridgehead atoms. The number of carbonyl (C=O) groups excluding carboxylic acids is 2. The van der Waals surface area contributed by atoms with Gasteiger partial charge in [-0.05, 0) is 66.4 Å². The number of para-hydroxylation sites is 1. The third-order valence-electron chi connectivity index (χ3n) is 7.46. The second-order valence-corrected chi connectivity index (χ2v) is 13.4. The van der Waals surface area contributed by atoms with Crippen LogP contribution in [0.25, 0.3) is 0 Å². The van der Waals surface area contributed by atoms with Crippen molar-refractivity contribution < 1.29 is 18.0 Å². The summed E-state index contributed by atoms with van der Waals surface area (Å²) in [5.41, 5.74) is 2.51. The summed E-state index contributed by atoms with van der Waals surface area (Å²) in [5, 5.41) is 3.81. The molecule has 4 aromatic rings. The van der Waals surface area contributed by atoms with Gasteiger partial charge in [0.05, 0.1) is 10.6 Å². The van der Waals surface area contributed by atoms with Gasteiger partial charge in [-0.1, -0.05) is 103 Å². The molecular weight excluding hydrogens is 629 g/mol. The molecule has 45 heavy (non-hydrogen) atoms. The first kappa shape index (κ1) is 34.0. The number of rotatable bonds is 14. The number of hydrogen-bond donors (Lipinski definition) is 1. The summed E-state index contributed by atoms with van der Waals surface area (Å²) < 4.78 is 29.4.